The molecule has 0 radical (unpaired) electrons. The van der Waals surface area contributed by atoms with E-state index in [1.165, 1.54) is 6.92 Å². The van der Waals surface area contributed by atoms with Crippen molar-refractivity contribution in [2.75, 3.05) is 5.75 Å². The minimum atomic E-state index is -1.26. The highest BCUT2D eigenvalue weighted by Crippen LogP contribution is 2.09. The molecule has 0 aromatic rings. The lowest BCUT2D eigenvalue weighted by atomic mass is 10.2. The Balaban J connectivity index is 4.46. The molecule has 0 aromatic carbocycles. The molecule has 3 atom stereocenters. The Labute approximate surface area is 98.1 Å². The molecule has 5 nitrogen and oxygen atoms in total. The Bertz CT molecular complexity index is 291. The van der Waals surface area contributed by atoms with Crippen molar-refractivity contribution >= 4 is 22.7 Å². The molecule has 6 heteroatoms. The van der Waals surface area contributed by atoms with Gasteiger partial charge in [0.1, 0.15) is 6.04 Å². The van der Waals surface area contributed by atoms with E-state index < -0.39 is 28.7 Å². The lowest BCUT2D eigenvalue weighted by molar-refractivity contribution is -0.140. The molecule has 0 heterocycles. The molecular formula is C10H19NO4S. The van der Waals surface area contributed by atoms with Gasteiger partial charge in [0.25, 0.3) is 0 Å². The number of rotatable bonds is 6. The van der Waals surface area contributed by atoms with E-state index in [2.05, 4.69) is 5.32 Å². The van der Waals surface area contributed by atoms with Crippen LogP contribution in [0.15, 0.2) is 0 Å². The molecule has 0 saturated carbocycles. The zero-order valence-electron chi connectivity index (χ0n) is 10.0. The first kappa shape index (κ1) is 15.1. The summed E-state index contributed by atoms with van der Waals surface area (Å²) in [6.45, 7) is 6.91. The third-order valence-corrected chi connectivity index (χ3v) is 4.40. The maximum Gasteiger partial charge on any atom is 0.327 e. The summed E-state index contributed by atoms with van der Waals surface area (Å²) in [5.74, 6) is -1.41. The predicted molar refractivity (Wildman–Crippen MR) is 62.5 cm³/mol. The van der Waals surface area contributed by atoms with Crippen LogP contribution >= 0.6 is 0 Å². The lowest BCUT2D eigenvalue weighted by Gasteiger charge is -2.18. The van der Waals surface area contributed by atoms with Gasteiger partial charge in [0.2, 0.25) is 5.91 Å². The smallest absolute Gasteiger partial charge is 0.327 e. The quantitative estimate of drug-likeness (QED) is 0.712. The van der Waals surface area contributed by atoms with Crippen LogP contribution in [-0.4, -0.2) is 38.2 Å². The van der Waals surface area contributed by atoms with Gasteiger partial charge < -0.3 is 10.4 Å². The fraction of sp³-hybridized carbons (Fsp3) is 0.800. The van der Waals surface area contributed by atoms with Gasteiger partial charge in [-0.05, 0) is 5.92 Å². The van der Waals surface area contributed by atoms with Crippen LogP contribution in [-0.2, 0) is 20.4 Å². The molecule has 0 saturated heterocycles. The van der Waals surface area contributed by atoms with Crippen LogP contribution in [0.4, 0.5) is 0 Å². The molecule has 0 spiro atoms. The molecule has 0 aromatic heterocycles. The first-order valence-corrected chi connectivity index (χ1v) is 6.51. The zero-order valence-corrected chi connectivity index (χ0v) is 10.8. The van der Waals surface area contributed by atoms with Gasteiger partial charge >= 0.3 is 5.97 Å². The first-order valence-electron chi connectivity index (χ1n) is 5.12. The van der Waals surface area contributed by atoms with Crippen LogP contribution in [0.5, 0.6) is 0 Å². The maximum atomic E-state index is 11.8. The van der Waals surface area contributed by atoms with Gasteiger partial charge in [0, 0.05) is 23.0 Å². The van der Waals surface area contributed by atoms with Crippen molar-refractivity contribution in [1.29, 1.82) is 0 Å². The molecule has 1 amide bonds. The molecule has 0 fully saturated rings. The molecule has 0 aliphatic heterocycles. The van der Waals surface area contributed by atoms with Crippen molar-refractivity contribution in [1.82, 2.24) is 5.32 Å². The van der Waals surface area contributed by atoms with E-state index in [0.717, 1.165) is 0 Å². The molecule has 0 aliphatic carbocycles. The van der Waals surface area contributed by atoms with Gasteiger partial charge in [0.15, 0.2) is 0 Å². The van der Waals surface area contributed by atoms with Crippen molar-refractivity contribution in [3.8, 4) is 0 Å². The number of carbonyl (C=O) groups excluding carboxylic acids is 1. The Morgan fingerprint density at radius 3 is 2.12 bits per heavy atom. The highest BCUT2D eigenvalue weighted by atomic mass is 32.2. The second-order valence-electron chi connectivity index (χ2n) is 4.09. The summed E-state index contributed by atoms with van der Waals surface area (Å²) < 4.78 is 11.8. The summed E-state index contributed by atoms with van der Waals surface area (Å²) in [7, 11) is -1.26. The maximum absolute atomic E-state index is 11.8. The number of aliphatic carboxylic acids is 1. The Hall–Kier alpha value is -0.910. The van der Waals surface area contributed by atoms with Crippen molar-refractivity contribution in [2.24, 2.45) is 5.92 Å². The average Bonchev–Trinajstić information content (AvgIpc) is 2.14. The second kappa shape index (κ2) is 6.62. The Kier molecular flexibility index (Phi) is 6.25. The van der Waals surface area contributed by atoms with Gasteiger partial charge in [-0.15, -0.1) is 0 Å². The minimum absolute atomic E-state index is 0.0474. The summed E-state index contributed by atoms with van der Waals surface area (Å²) >= 11 is 0. The Morgan fingerprint density at radius 1 is 1.31 bits per heavy atom. The third kappa shape index (κ3) is 5.25. The first-order chi connectivity index (χ1) is 7.25. The predicted octanol–water partition coefficient (Wildman–Crippen LogP) is 0.369. The molecule has 94 valence electrons. The number of carboxylic acids is 1. The average molecular weight is 249 g/mol. The number of hydrogen-bond donors (Lipinski definition) is 2. The van der Waals surface area contributed by atoms with E-state index in [1.54, 1.807) is 0 Å². The fourth-order valence-electron chi connectivity index (χ4n) is 1.04. The third-order valence-electron chi connectivity index (χ3n) is 2.36. The van der Waals surface area contributed by atoms with Gasteiger partial charge in [-0.2, -0.15) is 0 Å². The summed E-state index contributed by atoms with van der Waals surface area (Å²) in [4.78, 5) is 21.6. The van der Waals surface area contributed by atoms with Gasteiger partial charge in [0.05, 0.1) is 5.75 Å². The summed E-state index contributed by atoms with van der Waals surface area (Å²) in [5.41, 5.74) is 0. The summed E-state index contributed by atoms with van der Waals surface area (Å²) in [6, 6.07) is -1.07. The topological polar surface area (TPSA) is 83.5 Å². The van der Waals surface area contributed by atoms with Crippen LogP contribution in [0.3, 0.4) is 0 Å². The number of carboxylic acid groups (broad SMARTS) is 1. The standard InChI is InChI=1S/C10H19NO4S/c1-6(2)7(3)16(15)5-9(10(13)14)11-8(4)12/h6-7,9H,5H2,1-4H3,(H,11,12)(H,13,14). The second-order valence-corrected chi connectivity index (χ2v) is 5.93. The molecule has 3 unspecified atom stereocenters. The van der Waals surface area contributed by atoms with E-state index in [-0.39, 0.29) is 16.9 Å². The number of hydrogen-bond acceptors (Lipinski definition) is 3. The molecule has 0 bridgehead atoms. The number of amides is 1. The van der Waals surface area contributed by atoms with E-state index in [1.807, 2.05) is 20.8 Å². The van der Waals surface area contributed by atoms with E-state index in [0.29, 0.717) is 0 Å². The van der Waals surface area contributed by atoms with E-state index in [4.69, 9.17) is 5.11 Å². The van der Waals surface area contributed by atoms with Gasteiger partial charge in [-0.3, -0.25) is 9.00 Å². The van der Waals surface area contributed by atoms with Crippen molar-refractivity contribution in [3.63, 3.8) is 0 Å². The highest BCUT2D eigenvalue weighted by Gasteiger charge is 2.24. The molecule has 2 N–H and O–H groups in total. The molecule has 0 rings (SSSR count). The minimum Gasteiger partial charge on any atom is -0.480 e. The summed E-state index contributed by atoms with van der Waals surface area (Å²) in [5, 5.41) is 11.0. The molecule has 16 heavy (non-hydrogen) atoms. The van der Waals surface area contributed by atoms with Crippen LogP contribution in [0, 0.1) is 5.92 Å². The molecule has 0 aliphatic rings. The zero-order chi connectivity index (χ0) is 12.9. The van der Waals surface area contributed by atoms with Gasteiger partial charge in [-0.25, -0.2) is 4.79 Å². The number of carbonyl (C=O) groups is 2. The van der Waals surface area contributed by atoms with Gasteiger partial charge in [-0.1, -0.05) is 20.8 Å². The highest BCUT2D eigenvalue weighted by molar-refractivity contribution is 7.85. The summed E-state index contributed by atoms with van der Waals surface area (Å²) in [6.07, 6.45) is 0. The lowest BCUT2D eigenvalue weighted by Crippen LogP contribution is -2.44. The van der Waals surface area contributed by atoms with Crippen LogP contribution in [0.1, 0.15) is 27.7 Å². The molecular weight excluding hydrogens is 230 g/mol. The van der Waals surface area contributed by atoms with Crippen LogP contribution < -0.4 is 5.32 Å². The Morgan fingerprint density at radius 2 is 1.81 bits per heavy atom. The van der Waals surface area contributed by atoms with E-state index >= 15 is 0 Å². The number of nitrogens with one attached hydrogen (secondary N) is 1. The largest absolute Gasteiger partial charge is 0.480 e. The van der Waals surface area contributed by atoms with E-state index in [9.17, 15) is 13.8 Å². The SMILES string of the molecule is CC(=O)NC(CS(=O)C(C)C(C)C)C(=O)O. The van der Waals surface area contributed by atoms with Crippen molar-refractivity contribution < 1.29 is 18.9 Å². The normalized spacial score (nSPS) is 16.6. The van der Waals surface area contributed by atoms with Crippen molar-refractivity contribution in [2.45, 2.75) is 39.0 Å². The van der Waals surface area contributed by atoms with Crippen molar-refractivity contribution in [3.05, 3.63) is 0 Å². The van der Waals surface area contributed by atoms with Crippen LogP contribution in [0.2, 0.25) is 0 Å². The monoisotopic (exact) mass is 249 g/mol. The fourth-order valence-corrected chi connectivity index (χ4v) is 2.50. The van der Waals surface area contributed by atoms with Crippen LogP contribution in [0.25, 0.3) is 0 Å².